The normalized spacial score (nSPS) is 34.0. The molecule has 4 aliphatic rings. The van der Waals surface area contributed by atoms with Crippen molar-refractivity contribution < 1.29 is 45.7 Å². The first kappa shape index (κ1) is 27.3. The molecule has 0 aromatic carbocycles. The maximum absolute atomic E-state index is 13.7. The molecule has 0 radical (unpaired) electrons. The third-order valence-corrected chi connectivity index (χ3v) is 8.48. The first-order valence-corrected chi connectivity index (χ1v) is 11.6. The maximum atomic E-state index is 13.7. The highest BCUT2D eigenvalue weighted by atomic mass is 19.4. The molecule has 0 aromatic heterocycles. The molecule has 4 aliphatic carbocycles. The predicted octanol–water partition coefficient (Wildman–Crippen LogP) is 5.98. The number of esters is 1. The van der Waals surface area contributed by atoms with E-state index in [0.29, 0.717) is 39.5 Å². The van der Waals surface area contributed by atoms with Crippen LogP contribution in [-0.4, -0.2) is 46.8 Å². The molecule has 4 bridgehead atoms. The summed E-state index contributed by atoms with van der Waals surface area (Å²) < 4.78 is 93.8. The Labute approximate surface area is 196 Å². The molecule has 2 atom stereocenters. The van der Waals surface area contributed by atoms with Crippen LogP contribution >= 0.6 is 0 Å². The van der Waals surface area contributed by atoms with Gasteiger partial charge < -0.3 is 14.6 Å². The van der Waals surface area contributed by atoms with Gasteiger partial charge in [0.15, 0.2) is 0 Å². The van der Waals surface area contributed by atoms with Crippen molar-refractivity contribution in [2.75, 3.05) is 6.61 Å². The van der Waals surface area contributed by atoms with E-state index in [0.717, 1.165) is 6.42 Å². The highest BCUT2D eigenvalue weighted by Crippen LogP contribution is 2.68. The van der Waals surface area contributed by atoms with E-state index < -0.39 is 46.5 Å². The second kappa shape index (κ2) is 8.11. The van der Waals surface area contributed by atoms with Gasteiger partial charge >= 0.3 is 18.3 Å². The van der Waals surface area contributed by atoms with Gasteiger partial charge in [-0.25, -0.2) is 4.79 Å². The number of rotatable bonds is 7. The van der Waals surface area contributed by atoms with Crippen LogP contribution in [0.25, 0.3) is 0 Å². The zero-order valence-electron chi connectivity index (χ0n) is 20.2. The van der Waals surface area contributed by atoms with Crippen LogP contribution < -0.4 is 0 Å². The lowest BCUT2D eigenvalue weighted by Crippen LogP contribution is -2.74. The highest BCUT2D eigenvalue weighted by molar-refractivity contribution is 5.86. The summed E-state index contributed by atoms with van der Waals surface area (Å²) >= 11 is 0. The van der Waals surface area contributed by atoms with Crippen molar-refractivity contribution in [3.05, 3.63) is 12.2 Å². The molecule has 10 heteroatoms. The first-order valence-electron chi connectivity index (χ1n) is 11.6. The van der Waals surface area contributed by atoms with Gasteiger partial charge in [-0.2, -0.15) is 26.3 Å². The molecule has 1 N–H and O–H groups in total. The molecule has 0 heterocycles. The van der Waals surface area contributed by atoms with Gasteiger partial charge in [-0.1, -0.05) is 20.4 Å². The van der Waals surface area contributed by atoms with Gasteiger partial charge in [0.25, 0.3) is 5.60 Å². The van der Waals surface area contributed by atoms with Gasteiger partial charge in [-0.3, -0.25) is 0 Å². The van der Waals surface area contributed by atoms with Gasteiger partial charge in [0.1, 0.15) is 5.60 Å². The second-order valence-electron chi connectivity index (χ2n) is 11.5. The third kappa shape index (κ3) is 3.96. The summed E-state index contributed by atoms with van der Waals surface area (Å²) in [7, 11) is 0. The Bertz CT molecular complexity index is 798. The number of hydrogen-bond donors (Lipinski definition) is 1. The predicted molar refractivity (Wildman–Crippen MR) is 112 cm³/mol. The van der Waals surface area contributed by atoms with E-state index in [2.05, 4.69) is 6.58 Å². The molecule has 34 heavy (non-hydrogen) atoms. The van der Waals surface area contributed by atoms with Crippen molar-refractivity contribution in [2.45, 2.75) is 95.9 Å². The lowest BCUT2D eigenvalue weighted by atomic mass is 9.43. The lowest BCUT2D eigenvalue weighted by Gasteiger charge is -2.67. The van der Waals surface area contributed by atoms with Crippen LogP contribution in [0.15, 0.2) is 12.2 Å². The largest absolute Gasteiger partial charge is 0.462 e. The average Bonchev–Trinajstić information content (AvgIpc) is 2.65. The summed E-state index contributed by atoms with van der Waals surface area (Å²) in [5, 5.41) is 10.2. The van der Waals surface area contributed by atoms with E-state index in [-0.39, 0.29) is 29.9 Å². The van der Waals surface area contributed by atoms with Gasteiger partial charge in [-0.05, 0) is 76.5 Å². The monoisotopic (exact) mass is 500 g/mol. The van der Waals surface area contributed by atoms with Crippen LogP contribution in [0.4, 0.5) is 26.3 Å². The molecule has 4 nitrogen and oxygen atoms in total. The minimum atomic E-state index is -5.99. The molecule has 196 valence electrons. The molecule has 0 spiro atoms. The van der Waals surface area contributed by atoms with E-state index in [1.807, 2.05) is 0 Å². The minimum absolute atomic E-state index is 0.134. The van der Waals surface area contributed by atoms with Crippen molar-refractivity contribution in [2.24, 2.45) is 29.1 Å². The molecule has 4 saturated carbocycles. The molecule has 4 fully saturated rings. The number of ether oxygens (including phenoxy) is 2. The van der Waals surface area contributed by atoms with Crippen molar-refractivity contribution in [1.82, 2.24) is 0 Å². The highest BCUT2D eigenvalue weighted by Gasteiger charge is 2.79. The van der Waals surface area contributed by atoms with Crippen molar-refractivity contribution >= 4 is 5.97 Å². The van der Waals surface area contributed by atoms with Gasteiger partial charge in [0.2, 0.25) is 0 Å². The number of carbonyl (C=O) groups excluding carboxylic acids is 1. The summed E-state index contributed by atoms with van der Waals surface area (Å²) in [6, 6.07) is 0. The van der Waals surface area contributed by atoms with Crippen LogP contribution in [0.3, 0.4) is 0 Å². The molecule has 4 rings (SSSR count). The van der Waals surface area contributed by atoms with E-state index in [1.165, 1.54) is 6.92 Å². The Kier molecular flexibility index (Phi) is 6.52. The SMILES string of the molecule is C=C(C)C(=O)OCC12CC3CC(C1)C(OC(C)(C)C(O)(C(F)(F)F)C(F)(F)F)(C(C)C)C(C3)C2. The van der Waals surface area contributed by atoms with Crippen LogP contribution in [0.2, 0.25) is 0 Å². The smallest absolute Gasteiger partial charge is 0.429 e. The Morgan fingerprint density at radius 1 is 1.03 bits per heavy atom. The molecule has 2 unspecified atom stereocenters. The number of carbonyl (C=O) groups is 1. The fourth-order valence-corrected chi connectivity index (χ4v) is 7.27. The maximum Gasteiger partial charge on any atom is 0.429 e. The van der Waals surface area contributed by atoms with E-state index >= 15 is 0 Å². The molecule has 0 amide bonds. The Morgan fingerprint density at radius 2 is 1.50 bits per heavy atom. The summed E-state index contributed by atoms with van der Waals surface area (Å²) in [5.74, 6) is -1.35. The standard InChI is InChI=1S/C24H34F6O4/c1-13(2)18(31)33-12-20-9-15-7-16(10-20)21(14(3)4,17(8-15)11-20)34-19(5,6)22(32,23(25,26)27)24(28,29)30/h14-17,32H,1,7-12H2,2-6H3. The number of hydrogen-bond acceptors (Lipinski definition) is 4. The van der Waals surface area contributed by atoms with E-state index in [9.17, 15) is 36.2 Å². The number of alkyl halides is 6. The minimum Gasteiger partial charge on any atom is -0.462 e. The van der Waals surface area contributed by atoms with Gasteiger partial charge in [-0.15, -0.1) is 0 Å². The fraction of sp³-hybridized carbons (Fsp3) is 0.875. The third-order valence-electron chi connectivity index (χ3n) is 8.48. The van der Waals surface area contributed by atoms with Crippen molar-refractivity contribution in [1.29, 1.82) is 0 Å². The molecule has 0 aliphatic heterocycles. The summed E-state index contributed by atoms with van der Waals surface area (Å²) in [5.41, 5.74) is -9.46. The molecular formula is C24H34F6O4. The summed E-state index contributed by atoms with van der Waals surface area (Å²) in [6.07, 6.45) is -9.04. The Morgan fingerprint density at radius 3 is 1.88 bits per heavy atom. The van der Waals surface area contributed by atoms with E-state index in [1.54, 1.807) is 13.8 Å². The Hall–Kier alpha value is -1.29. The first-order chi connectivity index (χ1) is 15.2. The van der Waals surface area contributed by atoms with Crippen LogP contribution in [-0.2, 0) is 14.3 Å². The van der Waals surface area contributed by atoms with Gasteiger partial charge in [0, 0.05) is 11.0 Å². The average molecular weight is 501 g/mol. The molecule has 0 saturated heterocycles. The lowest BCUT2D eigenvalue weighted by molar-refractivity contribution is -0.432. The number of halogens is 6. The summed E-state index contributed by atoms with van der Waals surface area (Å²) in [4.78, 5) is 12.0. The topological polar surface area (TPSA) is 55.8 Å². The van der Waals surface area contributed by atoms with Crippen molar-refractivity contribution in [3.8, 4) is 0 Å². The summed E-state index contributed by atoms with van der Waals surface area (Å²) in [6.45, 7) is 10.1. The van der Waals surface area contributed by atoms with Gasteiger partial charge in [0.05, 0.1) is 12.2 Å². The van der Waals surface area contributed by atoms with Crippen molar-refractivity contribution in [3.63, 3.8) is 0 Å². The fourth-order valence-electron chi connectivity index (χ4n) is 7.27. The van der Waals surface area contributed by atoms with E-state index in [4.69, 9.17) is 9.47 Å². The second-order valence-corrected chi connectivity index (χ2v) is 11.5. The van der Waals surface area contributed by atoms with Crippen LogP contribution in [0.1, 0.15) is 66.7 Å². The zero-order chi connectivity index (χ0) is 26.1. The number of aliphatic hydroxyl groups is 1. The van der Waals surface area contributed by atoms with Crippen LogP contribution in [0, 0.1) is 29.1 Å². The zero-order valence-corrected chi connectivity index (χ0v) is 20.2. The van der Waals surface area contributed by atoms with Crippen LogP contribution in [0.5, 0.6) is 0 Å². The molecular weight excluding hydrogens is 466 g/mol. The quantitative estimate of drug-likeness (QED) is 0.266. The Balaban J connectivity index is 1.98. The molecule has 0 aromatic rings.